The van der Waals surface area contributed by atoms with Gasteiger partial charge in [-0.2, -0.15) is 5.10 Å². The number of benzene rings is 3. The second-order valence-electron chi connectivity index (χ2n) is 7.91. The monoisotopic (exact) mass is 486 g/mol. The number of H-pyrrole nitrogens is 1. The molecule has 5 rings (SSSR count). The Hall–Kier alpha value is -4.56. The number of hydrogen-bond donors (Lipinski definition) is 4. The maximum atomic E-state index is 13.1. The van der Waals surface area contributed by atoms with Crippen LogP contribution in [0, 0.1) is 6.92 Å². The molecule has 0 spiro atoms. The number of phenols is 1. The van der Waals surface area contributed by atoms with E-state index in [1.807, 2.05) is 13.0 Å². The molecule has 0 fully saturated rings. The molecule has 0 radical (unpaired) electrons. The molecule has 0 saturated heterocycles. The normalized spacial score (nSPS) is 10.9. The number of aromatic hydroxyl groups is 1. The van der Waals surface area contributed by atoms with Gasteiger partial charge in [0.2, 0.25) is 5.76 Å². The molecule has 0 aliphatic carbocycles. The maximum absolute atomic E-state index is 13.1. The molecule has 0 aliphatic heterocycles. The van der Waals surface area contributed by atoms with E-state index in [9.17, 15) is 14.7 Å². The topological polar surface area (TPSA) is 120 Å². The number of aromatic nitrogens is 2. The van der Waals surface area contributed by atoms with Crippen molar-refractivity contribution in [2.75, 3.05) is 10.6 Å². The number of anilines is 2. The Morgan fingerprint density at radius 2 is 1.80 bits per heavy atom. The van der Waals surface area contributed by atoms with Crippen LogP contribution >= 0.6 is 11.6 Å². The number of aryl methyl sites for hydroxylation is 1. The fourth-order valence-corrected chi connectivity index (χ4v) is 3.89. The Morgan fingerprint density at radius 3 is 2.60 bits per heavy atom. The van der Waals surface area contributed by atoms with Crippen LogP contribution in [-0.2, 0) is 0 Å². The van der Waals surface area contributed by atoms with Crippen LogP contribution in [0.5, 0.6) is 5.75 Å². The van der Waals surface area contributed by atoms with Gasteiger partial charge in [0.1, 0.15) is 22.7 Å². The molecule has 2 aromatic heterocycles. The molecule has 9 heteroatoms. The fraction of sp³-hybridized carbons (Fsp3) is 0.0385. The van der Waals surface area contributed by atoms with E-state index in [2.05, 4.69) is 20.8 Å². The van der Waals surface area contributed by atoms with E-state index in [0.717, 1.165) is 5.56 Å². The lowest BCUT2D eigenvalue weighted by Gasteiger charge is -2.07. The second-order valence-corrected chi connectivity index (χ2v) is 8.34. The Bertz CT molecular complexity index is 1590. The minimum Gasteiger partial charge on any atom is -0.507 e. The highest BCUT2D eigenvalue weighted by atomic mass is 35.5. The van der Waals surface area contributed by atoms with Crippen LogP contribution in [0.15, 0.2) is 77.2 Å². The van der Waals surface area contributed by atoms with Gasteiger partial charge in [0.15, 0.2) is 0 Å². The lowest BCUT2D eigenvalue weighted by molar-refractivity contribution is 0.0999. The average Bonchev–Trinajstić information content (AvgIpc) is 3.45. The number of rotatable bonds is 5. The van der Waals surface area contributed by atoms with E-state index in [1.165, 1.54) is 6.07 Å². The second kappa shape index (κ2) is 9.00. The predicted octanol–water partition coefficient (Wildman–Crippen LogP) is 5.99. The number of nitrogens with one attached hydrogen (secondary N) is 3. The lowest BCUT2D eigenvalue weighted by Crippen LogP contribution is -2.17. The summed E-state index contributed by atoms with van der Waals surface area (Å²) < 4.78 is 5.78. The van der Waals surface area contributed by atoms with Gasteiger partial charge in [-0.25, -0.2) is 0 Å². The van der Waals surface area contributed by atoms with E-state index >= 15 is 0 Å². The molecule has 5 aromatic rings. The van der Waals surface area contributed by atoms with Gasteiger partial charge in [0.25, 0.3) is 11.8 Å². The van der Waals surface area contributed by atoms with Gasteiger partial charge >= 0.3 is 0 Å². The quantitative estimate of drug-likeness (QED) is 0.243. The first kappa shape index (κ1) is 22.2. The standard InChI is InChI=1S/C26H19ClN4O4/c1-14-9-10-17(21(32)11-14)19-13-20(31-30-19)25(33)29-23-18-7-2-3-8-22(18)35-24(23)26(34)28-16-6-4-5-15(27)12-16/h2-13,32H,1H3,(H,28,34)(H,29,33)(H,30,31). The van der Waals surface area contributed by atoms with Crippen LogP contribution < -0.4 is 10.6 Å². The van der Waals surface area contributed by atoms with Gasteiger partial charge in [-0.15, -0.1) is 0 Å². The molecule has 174 valence electrons. The molecule has 0 unspecified atom stereocenters. The molecule has 4 N–H and O–H groups in total. The van der Waals surface area contributed by atoms with E-state index in [-0.39, 0.29) is 22.9 Å². The summed E-state index contributed by atoms with van der Waals surface area (Å²) in [5, 5.41) is 23.6. The van der Waals surface area contributed by atoms with Gasteiger partial charge in [0.05, 0.1) is 5.69 Å². The summed E-state index contributed by atoms with van der Waals surface area (Å²) in [6.07, 6.45) is 0. The first-order chi connectivity index (χ1) is 16.9. The summed E-state index contributed by atoms with van der Waals surface area (Å²) >= 11 is 6.01. The maximum Gasteiger partial charge on any atom is 0.293 e. The van der Waals surface area contributed by atoms with Crippen LogP contribution in [0.2, 0.25) is 5.02 Å². The first-order valence-electron chi connectivity index (χ1n) is 10.6. The van der Waals surface area contributed by atoms with Crippen molar-refractivity contribution in [3.63, 3.8) is 0 Å². The van der Waals surface area contributed by atoms with Crippen molar-refractivity contribution in [2.24, 2.45) is 0 Å². The van der Waals surface area contributed by atoms with Crippen LogP contribution in [0.3, 0.4) is 0 Å². The van der Waals surface area contributed by atoms with Gasteiger partial charge in [-0.1, -0.05) is 35.9 Å². The minimum atomic E-state index is -0.548. The third-order valence-electron chi connectivity index (χ3n) is 5.37. The summed E-state index contributed by atoms with van der Waals surface area (Å²) in [4.78, 5) is 26.1. The van der Waals surface area contributed by atoms with Crippen molar-refractivity contribution in [3.05, 3.63) is 94.8 Å². The van der Waals surface area contributed by atoms with Crippen LogP contribution in [0.25, 0.3) is 22.2 Å². The summed E-state index contributed by atoms with van der Waals surface area (Å²) in [7, 11) is 0. The molecule has 0 atom stereocenters. The Morgan fingerprint density at radius 1 is 0.971 bits per heavy atom. The van der Waals surface area contributed by atoms with Crippen molar-refractivity contribution >= 4 is 45.8 Å². The summed E-state index contributed by atoms with van der Waals surface area (Å²) in [6, 6.07) is 20.4. The molecule has 0 aliphatic rings. The van der Waals surface area contributed by atoms with Crippen molar-refractivity contribution < 1.29 is 19.1 Å². The smallest absolute Gasteiger partial charge is 0.293 e. The molecule has 3 aromatic carbocycles. The molecule has 0 saturated carbocycles. The van der Waals surface area contributed by atoms with E-state index in [4.69, 9.17) is 16.0 Å². The number of para-hydroxylation sites is 1. The van der Waals surface area contributed by atoms with E-state index < -0.39 is 11.8 Å². The molecule has 8 nitrogen and oxygen atoms in total. The minimum absolute atomic E-state index is 0.0595. The Balaban J connectivity index is 1.45. The molecule has 2 heterocycles. The zero-order valence-corrected chi connectivity index (χ0v) is 19.2. The molecular weight excluding hydrogens is 468 g/mol. The number of halogens is 1. The largest absolute Gasteiger partial charge is 0.507 e. The average molecular weight is 487 g/mol. The van der Waals surface area contributed by atoms with Crippen LogP contribution in [0.4, 0.5) is 11.4 Å². The highest BCUT2D eigenvalue weighted by molar-refractivity contribution is 6.31. The van der Waals surface area contributed by atoms with Crippen LogP contribution in [0.1, 0.15) is 26.6 Å². The molecular formula is C26H19ClN4O4. The number of carbonyl (C=O) groups excluding carboxylic acids is 2. The lowest BCUT2D eigenvalue weighted by atomic mass is 10.1. The number of nitrogens with zero attached hydrogens (tertiary/aromatic N) is 1. The Kier molecular flexibility index (Phi) is 5.72. The van der Waals surface area contributed by atoms with Gasteiger partial charge < -0.3 is 20.2 Å². The summed E-state index contributed by atoms with van der Waals surface area (Å²) in [5.74, 6) is -1.08. The number of carbonyl (C=O) groups is 2. The molecule has 35 heavy (non-hydrogen) atoms. The van der Waals surface area contributed by atoms with Crippen LogP contribution in [-0.4, -0.2) is 27.1 Å². The van der Waals surface area contributed by atoms with Crippen molar-refractivity contribution in [2.45, 2.75) is 6.92 Å². The number of fused-ring (bicyclic) bond motifs is 1. The zero-order valence-electron chi connectivity index (χ0n) is 18.4. The van der Waals surface area contributed by atoms with E-state index in [1.54, 1.807) is 60.7 Å². The van der Waals surface area contributed by atoms with E-state index in [0.29, 0.717) is 32.9 Å². The SMILES string of the molecule is Cc1ccc(-c2cc(C(=O)Nc3c(C(=O)Nc4cccc(Cl)c4)oc4ccccc34)[nH]n2)c(O)c1. The number of amides is 2. The first-order valence-corrected chi connectivity index (χ1v) is 11.0. The number of hydrogen-bond acceptors (Lipinski definition) is 5. The zero-order chi connectivity index (χ0) is 24.5. The van der Waals surface area contributed by atoms with Gasteiger partial charge in [0, 0.05) is 21.7 Å². The highest BCUT2D eigenvalue weighted by Gasteiger charge is 2.24. The predicted molar refractivity (Wildman–Crippen MR) is 134 cm³/mol. The highest BCUT2D eigenvalue weighted by Crippen LogP contribution is 2.33. The number of aromatic amines is 1. The number of phenolic OH excluding ortho intramolecular Hbond substituents is 1. The number of furan rings is 1. The summed E-state index contributed by atoms with van der Waals surface area (Å²) in [6.45, 7) is 1.86. The molecule has 2 amide bonds. The van der Waals surface area contributed by atoms with Gasteiger partial charge in [-0.3, -0.25) is 14.7 Å². The third kappa shape index (κ3) is 4.47. The molecule has 0 bridgehead atoms. The summed E-state index contributed by atoms with van der Waals surface area (Å²) in [5.41, 5.74) is 3.08. The Labute approximate surface area is 204 Å². The fourth-order valence-electron chi connectivity index (χ4n) is 3.70. The van der Waals surface area contributed by atoms with Gasteiger partial charge in [-0.05, 0) is 61.0 Å². The van der Waals surface area contributed by atoms with Crippen molar-refractivity contribution in [1.29, 1.82) is 0 Å². The third-order valence-corrected chi connectivity index (χ3v) is 5.61. The van der Waals surface area contributed by atoms with Crippen molar-refractivity contribution in [1.82, 2.24) is 10.2 Å². The van der Waals surface area contributed by atoms with Crippen molar-refractivity contribution in [3.8, 4) is 17.0 Å².